The van der Waals surface area contributed by atoms with Gasteiger partial charge in [0, 0.05) is 12.3 Å². The molecule has 0 aromatic heterocycles. The Morgan fingerprint density at radius 3 is 2.57 bits per heavy atom. The number of rotatable bonds is 6. The third kappa shape index (κ3) is 5.38. The fraction of sp³-hybridized carbons (Fsp3) is 0.333. The summed E-state index contributed by atoms with van der Waals surface area (Å²) < 4.78 is 35.4. The van der Waals surface area contributed by atoms with Crippen molar-refractivity contribution in [2.24, 2.45) is 0 Å². The number of carboxylic acid groups (broad SMARTS) is 1. The molecule has 2 amide bonds. The van der Waals surface area contributed by atoms with E-state index < -0.39 is 33.2 Å². The van der Waals surface area contributed by atoms with Crippen molar-refractivity contribution in [2.45, 2.75) is 6.92 Å². The van der Waals surface area contributed by atoms with Gasteiger partial charge in [-0.15, -0.1) is 0 Å². The summed E-state index contributed by atoms with van der Waals surface area (Å²) in [6.45, 7) is 1.39. The number of hydrogen-bond donors (Lipinski definition) is 3. The zero-order valence-electron chi connectivity index (χ0n) is 11.2. The van der Waals surface area contributed by atoms with Crippen LogP contribution in [0.3, 0.4) is 0 Å². The first-order chi connectivity index (χ1) is 9.75. The molecule has 0 saturated heterocycles. The van der Waals surface area contributed by atoms with Crippen molar-refractivity contribution >= 4 is 27.5 Å². The molecular weight excluding hydrogens is 303 g/mol. The normalized spacial score (nSPS) is 11.0. The molecule has 0 radical (unpaired) electrons. The minimum absolute atomic E-state index is 0.0303. The molecule has 116 valence electrons. The summed E-state index contributed by atoms with van der Waals surface area (Å²) in [5.74, 6) is -2.38. The highest BCUT2D eigenvalue weighted by Crippen LogP contribution is 2.16. The Hall–Kier alpha value is -2.16. The first-order valence-electron chi connectivity index (χ1n) is 6.03. The molecule has 0 spiro atoms. The number of amides is 2. The van der Waals surface area contributed by atoms with Gasteiger partial charge < -0.3 is 15.7 Å². The number of sulfone groups is 1. The largest absolute Gasteiger partial charge is 0.478 e. The Morgan fingerprint density at radius 2 is 2.00 bits per heavy atom. The van der Waals surface area contributed by atoms with Gasteiger partial charge >= 0.3 is 12.0 Å². The number of carbonyl (C=O) groups is 2. The first kappa shape index (κ1) is 16.9. The molecule has 0 bridgehead atoms. The van der Waals surface area contributed by atoms with Gasteiger partial charge in [0.1, 0.15) is 5.82 Å². The quantitative estimate of drug-likeness (QED) is 0.726. The number of halogens is 1. The molecule has 21 heavy (non-hydrogen) atoms. The van der Waals surface area contributed by atoms with E-state index in [0.29, 0.717) is 0 Å². The second kappa shape index (κ2) is 7.02. The van der Waals surface area contributed by atoms with Crippen molar-refractivity contribution < 1.29 is 27.5 Å². The Kier molecular flexibility index (Phi) is 5.65. The van der Waals surface area contributed by atoms with E-state index in [1.807, 2.05) is 0 Å². The minimum atomic E-state index is -3.20. The second-order valence-electron chi connectivity index (χ2n) is 4.11. The average molecular weight is 318 g/mol. The third-order valence-corrected chi connectivity index (χ3v) is 4.30. The number of carbonyl (C=O) groups excluding carboxylic acids is 1. The van der Waals surface area contributed by atoms with Gasteiger partial charge in [0.25, 0.3) is 0 Å². The molecule has 0 unspecified atom stereocenters. The van der Waals surface area contributed by atoms with Crippen LogP contribution >= 0.6 is 0 Å². The number of aromatic carboxylic acids is 1. The van der Waals surface area contributed by atoms with Crippen molar-refractivity contribution in [2.75, 3.05) is 23.4 Å². The van der Waals surface area contributed by atoms with E-state index in [9.17, 15) is 22.4 Å². The Balaban J connectivity index is 2.66. The number of nitrogens with one attached hydrogen (secondary N) is 2. The van der Waals surface area contributed by atoms with Crippen LogP contribution in [-0.2, 0) is 9.84 Å². The number of anilines is 1. The molecule has 0 aliphatic heterocycles. The van der Waals surface area contributed by atoms with Crippen molar-refractivity contribution in [3.63, 3.8) is 0 Å². The van der Waals surface area contributed by atoms with E-state index in [1.54, 1.807) is 0 Å². The van der Waals surface area contributed by atoms with Gasteiger partial charge in [-0.1, -0.05) is 6.92 Å². The minimum Gasteiger partial charge on any atom is -0.478 e. The van der Waals surface area contributed by atoms with Gasteiger partial charge in [-0.25, -0.2) is 22.4 Å². The van der Waals surface area contributed by atoms with Crippen LogP contribution in [0.4, 0.5) is 14.9 Å². The highest BCUT2D eigenvalue weighted by molar-refractivity contribution is 7.91. The van der Waals surface area contributed by atoms with Crippen molar-refractivity contribution in [1.29, 1.82) is 0 Å². The van der Waals surface area contributed by atoms with E-state index in [1.165, 1.54) is 6.92 Å². The molecule has 7 nitrogen and oxygen atoms in total. The van der Waals surface area contributed by atoms with E-state index in [0.717, 1.165) is 18.2 Å². The SMILES string of the molecule is CCS(=O)(=O)CCNC(=O)Nc1ccc(F)cc1C(=O)O. The van der Waals surface area contributed by atoms with Crippen LogP contribution in [0.25, 0.3) is 0 Å². The summed E-state index contributed by atoms with van der Waals surface area (Å²) in [5, 5.41) is 13.4. The van der Waals surface area contributed by atoms with Gasteiger partial charge in [0.2, 0.25) is 0 Å². The molecule has 0 aliphatic carbocycles. The lowest BCUT2D eigenvalue weighted by Gasteiger charge is -2.10. The number of hydrogen-bond acceptors (Lipinski definition) is 4. The van der Waals surface area contributed by atoms with Gasteiger partial charge in [-0.3, -0.25) is 0 Å². The summed E-state index contributed by atoms with van der Waals surface area (Å²) in [4.78, 5) is 22.5. The van der Waals surface area contributed by atoms with Gasteiger partial charge in [0.05, 0.1) is 17.0 Å². The first-order valence-corrected chi connectivity index (χ1v) is 7.85. The smallest absolute Gasteiger partial charge is 0.337 e. The summed E-state index contributed by atoms with van der Waals surface area (Å²) in [6.07, 6.45) is 0. The highest BCUT2D eigenvalue weighted by Gasteiger charge is 2.14. The van der Waals surface area contributed by atoms with E-state index in [4.69, 9.17) is 5.11 Å². The molecule has 1 rings (SSSR count). The predicted octanol–water partition coefficient (Wildman–Crippen LogP) is 1.08. The predicted molar refractivity (Wildman–Crippen MR) is 74.7 cm³/mol. The standard InChI is InChI=1S/C12H15FN2O5S/c1-2-21(19,20)6-5-14-12(18)15-10-4-3-8(13)7-9(10)11(16)17/h3-4,7H,2,5-6H2,1H3,(H,16,17)(H2,14,15,18). The summed E-state index contributed by atoms with van der Waals surface area (Å²) in [6, 6.07) is 2.12. The van der Waals surface area contributed by atoms with Gasteiger partial charge in [-0.05, 0) is 18.2 Å². The molecule has 1 aromatic rings. The lowest BCUT2D eigenvalue weighted by Crippen LogP contribution is -2.33. The molecule has 9 heteroatoms. The fourth-order valence-electron chi connectivity index (χ4n) is 1.43. The molecule has 3 N–H and O–H groups in total. The molecule has 0 aliphatic rings. The number of benzene rings is 1. The van der Waals surface area contributed by atoms with Crippen LogP contribution in [0.15, 0.2) is 18.2 Å². The van der Waals surface area contributed by atoms with Crippen LogP contribution < -0.4 is 10.6 Å². The summed E-state index contributed by atoms with van der Waals surface area (Å²) in [5.41, 5.74) is -0.480. The fourth-order valence-corrected chi connectivity index (χ4v) is 2.14. The van der Waals surface area contributed by atoms with Gasteiger partial charge in [0.15, 0.2) is 9.84 Å². The average Bonchev–Trinajstić information content (AvgIpc) is 2.40. The van der Waals surface area contributed by atoms with Gasteiger partial charge in [-0.2, -0.15) is 0 Å². The van der Waals surface area contributed by atoms with Crippen molar-refractivity contribution in [1.82, 2.24) is 5.32 Å². The zero-order chi connectivity index (χ0) is 16.0. The maximum absolute atomic E-state index is 13.0. The Morgan fingerprint density at radius 1 is 1.33 bits per heavy atom. The maximum Gasteiger partial charge on any atom is 0.337 e. The van der Waals surface area contributed by atoms with E-state index >= 15 is 0 Å². The van der Waals surface area contributed by atoms with E-state index in [-0.39, 0.29) is 23.7 Å². The zero-order valence-corrected chi connectivity index (χ0v) is 12.0. The Labute approximate surface area is 121 Å². The van der Waals surface area contributed by atoms with Crippen LogP contribution in [0.2, 0.25) is 0 Å². The van der Waals surface area contributed by atoms with Crippen molar-refractivity contribution in [3.05, 3.63) is 29.6 Å². The van der Waals surface area contributed by atoms with Crippen LogP contribution in [0.1, 0.15) is 17.3 Å². The molecule has 0 atom stereocenters. The topological polar surface area (TPSA) is 113 Å². The monoisotopic (exact) mass is 318 g/mol. The lowest BCUT2D eigenvalue weighted by atomic mass is 10.2. The molecule has 0 fully saturated rings. The number of carboxylic acids is 1. The van der Waals surface area contributed by atoms with Crippen LogP contribution in [0.5, 0.6) is 0 Å². The maximum atomic E-state index is 13.0. The number of urea groups is 1. The molecule has 1 aromatic carbocycles. The summed E-state index contributed by atoms with van der Waals surface area (Å²) in [7, 11) is -3.20. The van der Waals surface area contributed by atoms with E-state index in [2.05, 4.69) is 10.6 Å². The Bertz CT molecular complexity index is 645. The lowest BCUT2D eigenvalue weighted by molar-refractivity contribution is 0.0697. The molecular formula is C12H15FN2O5S. The van der Waals surface area contributed by atoms with Crippen LogP contribution in [0, 0.1) is 5.82 Å². The van der Waals surface area contributed by atoms with Crippen LogP contribution in [-0.4, -0.2) is 43.6 Å². The highest BCUT2D eigenvalue weighted by atomic mass is 32.2. The second-order valence-corrected chi connectivity index (χ2v) is 6.59. The summed E-state index contributed by atoms with van der Waals surface area (Å²) >= 11 is 0. The third-order valence-electron chi connectivity index (χ3n) is 2.60. The molecule has 0 heterocycles. The molecule has 0 saturated carbocycles. The van der Waals surface area contributed by atoms with Crippen molar-refractivity contribution in [3.8, 4) is 0 Å².